The number of hydrogen-bond donors (Lipinski definition) is 1. The molecular weight excluding hydrogens is 268 g/mol. The zero-order valence-electron chi connectivity index (χ0n) is 11.7. The highest BCUT2D eigenvalue weighted by Crippen LogP contribution is 2.30. The highest BCUT2D eigenvalue weighted by Gasteiger charge is 2.31. The topological polar surface area (TPSA) is 82.5 Å². The van der Waals surface area contributed by atoms with Crippen molar-refractivity contribution < 1.29 is 9.53 Å². The smallest absolute Gasteiger partial charge is 0.314 e. The average molecular weight is 284 g/mol. The monoisotopic (exact) mass is 284 g/mol. The minimum Gasteiger partial charge on any atom is -0.426 e. The van der Waals surface area contributed by atoms with Gasteiger partial charge in [-0.3, -0.25) is 4.79 Å². The molecule has 1 aromatic heterocycles. The maximum atomic E-state index is 11.6. The molecule has 0 saturated heterocycles. The molecule has 0 amide bonds. The van der Waals surface area contributed by atoms with E-state index in [-0.39, 0.29) is 11.9 Å². The van der Waals surface area contributed by atoms with Crippen LogP contribution in [0.4, 0.5) is 5.95 Å². The number of anilines is 1. The molecule has 0 aliphatic heterocycles. The number of ether oxygens (including phenoxy) is 1. The molecule has 21 heavy (non-hydrogen) atoms. The molecule has 0 spiro atoms. The first-order valence-corrected chi connectivity index (χ1v) is 6.79. The van der Waals surface area contributed by atoms with E-state index in [0.29, 0.717) is 11.7 Å². The minimum absolute atomic E-state index is 0.0797. The van der Waals surface area contributed by atoms with Gasteiger partial charge in [0.15, 0.2) is 0 Å². The van der Waals surface area contributed by atoms with Crippen LogP contribution in [0.1, 0.15) is 24.1 Å². The summed E-state index contributed by atoms with van der Waals surface area (Å²) in [4.78, 5) is 15.7. The van der Waals surface area contributed by atoms with Crippen LogP contribution in [0, 0.1) is 12.8 Å². The van der Waals surface area contributed by atoms with Gasteiger partial charge in [-0.05, 0) is 37.5 Å². The Labute approximate surface area is 122 Å². The Kier molecular flexibility index (Phi) is 3.43. The summed E-state index contributed by atoms with van der Waals surface area (Å²) < 4.78 is 6.81. The van der Waals surface area contributed by atoms with Crippen LogP contribution in [0.15, 0.2) is 35.6 Å². The maximum absolute atomic E-state index is 11.6. The molecule has 0 bridgehead atoms. The quantitative estimate of drug-likeness (QED) is 0.528. The van der Waals surface area contributed by atoms with Gasteiger partial charge in [0.1, 0.15) is 5.75 Å². The average Bonchev–Trinajstić information content (AvgIpc) is 3.23. The number of aryl methyl sites for hydroxylation is 1. The first kappa shape index (κ1) is 13.4. The van der Waals surface area contributed by atoms with E-state index in [1.807, 2.05) is 19.1 Å². The Morgan fingerprint density at radius 3 is 3.00 bits per heavy atom. The normalized spacial score (nSPS) is 14.5. The predicted octanol–water partition coefficient (Wildman–Crippen LogP) is 1.97. The molecular formula is C15H16N4O2. The largest absolute Gasteiger partial charge is 0.426 e. The van der Waals surface area contributed by atoms with E-state index in [2.05, 4.69) is 10.1 Å². The third-order valence-electron chi connectivity index (χ3n) is 3.15. The molecule has 6 heteroatoms. The number of nitrogens with two attached hydrogens (primary N) is 1. The minimum atomic E-state index is -0.154. The van der Waals surface area contributed by atoms with E-state index in [9.17, 15) is 4.79 Å². The SMILES string of the molecule is Cc1cn(N=Cc2cccc(OC(=O)C3CC3)c2)c(N)n1. The van der Waals surface area contributed by atoms with Crippen LogP contribution in [0.3, 0.4) is 0 Å². The molecule has 1 aliphatic carbocycles. The summed E-state index contributed by atoms with van der Waals surface area (Å²) in [6, 6.07) is 7.22. The zero-order chi connectivity index (χ0) is 14.8. The van der Waals surface area contributed by atoms with Gasteiger partial charge >= 0.3 is 5.97 Å². The number of esters is 1. The van der Waals surface area contributed by atoms with Gasteiger partial charge in [-0.1, -0.05) is 12.1 Å². The number of aromatic nitrogens is 2. The van der Waals surface area contributed by atoms with E-state index >= 15 is 0 Å². The van der Waals surface area contributed by atoms with Crippen molar-refractivity contribution in [3.63, 3.8) is 0 Å². The molecule has 2 N–H and O–H groups in total. The molecule has 1 aromatic carbocycles. The van der Waals surface area contributed by atoms with Gasteiger partial charge in [0.05, 0.1) is 24.0 Å². The van der Waals surface area contributed by atoms with E-state index in [1.54, 1.807) is 24.5 Å². The molecule has 0 unspecified atom stereocenters. The van der Waals surface area contributed by atoms with Crippen molar-refractivity contribution >= 4 is 18.1 Å². The van der Waals surface area contributed by atoms with Crippen LogP contribution in [0.5, 0.6) is 5.75 Å². The van der Waals surface area contributed by atoms with Crippen molar-refractivity contribution in [3.8, 4) is 5.75 Å². The Balaban J connectivity index is 1.73. The lowest BCUT2D eigenvalue weighted by atomic mass is 10.2. The van der Waals surface area contributed by atoms with Crippen LogP contribution in [-0.2, 0) is 4.79 Å². The number of rotatable bonds is 4. The van der Waals surface area contributed by atoms with Crippen LogP contribution < -0.4 is 10.5 Å². The van der Waals surface area contributed by atoms with Gasteiger partial charge in [-0.15, -0.1) is 0 Å². The Morgan fingerprint density at radius 2 is 2.33 bits per heavy atom. The lowest BCUT2D eigenvalue weighted by molar-refractivity contribution is -0.135. The van der Waals surface area contributed by atoms with Crippen LogP contribution >= 0.6 is 0 Å². The third kappa shape index (κ3) is 3.28. The number of imidazole rings is 1. The fourth-order valence-corrected chi connectivity index (χ4v) is 1.90. The van der Waals surface area contributed by atoms with Crippen molar-refractivity contribution in [1.29, 1.82) is 0 Å². The second-order valence-electron chi connectivity index (χ2n) is 5.10. The number of benzene rings is 1. The highest BCUT2D eigenvalue weighted by atomic mass is 16.5. The van der Waals surface area contributed by atoms with Crippen molar-refractivity contribution in [2.45, 2.75) is 19.8 Å². The summed E-state index contributed by atoms with van der Waals surface area (Å²) in [5.41, 5.74) is 7.33. The molecule has 0 atom stereocenters. The van der Waals surface area contributed by atoms with Gasteiger partial charge in [-0.2, -0.15) is 5.10 Å². The summed E-state index contributed by atoms with van der Waals surface area (Å²) in [6.45, 7) is 1.85. The lowest BCUT2D eigenvalue weighted by Crippen LogP contribution is -2.09. The maximum Gasteiger partial charge on any atom is 0.314 e. The molecule has 1 fully saturated rings. The Bertz CT molecular complexity index is 701. The molecule has 6 nitrogen and oxygen atoms in total. The summed E-state index contributed by atoms with van der Waals surface area (Å²) in [5, 5.41) is 4.23. The number of carbonyl (C=O) groups excluding carboxylic acids is 1. The molecule has 108 valence electrons. The first-order chi connectivity index (χ1) is 10.1. The number of hydrogen-bond acceptors (Lipinski definition) is 5. The fourth-order valence-electron chi connectivity index (χ4n) is 1.90. The zero-order valence-corrected chi connectivity index (χ0v) is 11.7. The van der Waals surface area contributed by atoms with Crippen molar-refractivity contribution in [2.75, 3.05) is 5.73 Å². The Hall–Kier alpha value is -2.63. The van der Waals surface area contributed by atoms with Crippen molar-refractivity contribution in [3.05, 3.63) is 41.7 Å². The van der Waals surface area contributed by atoms with Gasteiger partial charge in [-0.25, -0.2) is 9.66 Å². The van der Waals surface area contributed by atoms with Gasteiger partial charge in [0, 0.05) is 0 Å². The van der Waals surface area contributed by atoms with E-state index in [1.165, 1.54) is 4.68 Å². The van der Waals surface area contributed by atoms with Gasteiger partial charge in [0.2, 0.25) is 5.95 Å². The van der Waals surface area contributed by atoms with Gasteiger partial charge < -0.3 is 10.5 Å². The molecule has 3 rings (SSSR count). The second kappa shape index (κ2) is 5.40. The van der Waals surface area contributed by atoms with E-state index in [4.69, 9.17) is 10.5 Å². The number of nitrogens with zero attached hydrogens (tertiary/aromatic N) is 3. The summed E-state index contributed by atoms with van der Waals surface area (Å²) in [5.74, 6) is 0.792. The fraction of sp³-hybridized carbons (Fsp3) is 0.267. The third-order valence-corrected chi connectivity index (χ3v) is 3.15. The summed E-state index contributed by atoms with van der Waals surface area (Å²) >= 11 is 0. The van der Waals surface area contributed by atoms with Crippen molar-refractivity contribution in [1.82, 2.24) is 9.66 Å². The van der Waals surface area contributed by atoms with Crippen LogP contribution in [0.25, 0.3) is 0 Å². The molecule has 1 saturated carbocycles. The second-order valence-corrected chi connectivity index (χ2v) is 5.10. The first-order valence-electron chi connectivity index (χ1n) is 6.79. The predicted molar refractivity (Wildman–Crippen MR) is 79.2 cm³/mol. The molecule has 2 aromatic rings. The van der Waals surface area contributed by atoms with Crippen LogP contribution in [-0.4, -0.2) is 21.8 Å². The highest BCUT2D eigenvalue weighted by molar-refractivity contribution is 5.81. The lowest BCUT2D eigenvalue weighted by Gasteiger charge is -2.03. The van der Waals surface area contributed by atoms with Gasteiger partial charge in [0.25, 0.3) is 0 Å². The van der Waals surface area contributed by atoms with E-state index in [0.717, 1.165) is 24.1 Å². The Morgan fingerprint density at radius 1 is 1.52 bits per heavy atom. The van der Waals surface area contributed by atoms with Crippen molar-refractivity contribution in [2.24, 2.45) is 11.0 Å². The number of carbonyl (C=O) groups is 1. The van der Waals surface area contributed by atoms with E-state index < -0.39 is 0 Å². The summed E-state index contributed by atoms with van der Waals surface area (Å²) in [6.07, 6.45) is 5.24. The molecule has 0 radical (unpaired) electrons. The standard InChI is InChI=1S/C15H16N4O2/c1-10-9-19(15(16)18-10)17-8-11-3-2-4-13(7-11)21-14(20)12-5-6-12/h2-4,7-9,12H,5-6H2,1H3,(H2,16,18). The number of nitrogen functional groups attached to an aromatic ring is 1. The summed E-state index contributed by atoms with van der Waals surface area (Å²) in [7, 11) is 0. The van der Waals surface area contributed by atoms with Crippen LogP contribution in [0.2, 0.25) is 0 Å². The molecule has 1 heterocycles. The molecule has 1 aliphatic rings.